The summed E-state index contributed by atoms with van der Waals surface area (Å²) in [6.07, 6.45) is 0.443. The van der Waals surface area contributed by atoms with Crippen LogP contribution < -0.4 is 11.2 Å². The number of nitriles is 1. The van der Waals surface area contributed by atoms with Gasteiger partial charge in [0.25, 0.3) is 11.3 Å². The predicted molar refractivity (Wildman–Crippen MR) is 74.8 cm³/mol. The van der Waals surface area contributed by atoms with Crippen LogP contribution in [-0.2, 0) is 20.0 Å². The lowest BCUT2D eigenvalue weighted by molar-refractivity contribution is -0.163. The second kappa shape index (κ2) is 5.77. The zero-order valence-electron chi connectivity index (χ0n) is 12.5. The molecule has 22 heavy (non-hydrogen) atoms. The van der Waals surface area contributed by atoms with E-state index in [1.807, 2.05) is 13.0 Å². The van der Waals surface area contributed by atoms with Crippen molar-refractivity contribution in [1.29, 1.82) is 5.26 Å². The van der Waals surface area contributed by atoms with Crippen LogP contribution in [0.15, 0.2) is 21.9 Å². The number of aromatic nitrogens is 2. The quantitative estimate of drug-likeness (QED) is 0.791. The normalized spacial score (nSPS) is 30.7. The van der Waals surface area contributed by atoms with Crippen LogP contribution in [0.2, 0.25) is 0 Å². The van der Waals surface area contributed by atoms with Gasteiger partial charge in [-0.15, -0.1) is 0 Å². The highest BCUT2D eigenvalue weighted by molar-refractivity contribution is 5.66. The fourth-order valence-electron chi connectivity index (χ4n) is 2.79. The van der Waals surface area contributed by atoms with Gasteiger partial charge in [-0.3, -0.25) is 19.1 Å². The summed E-state index contributed by atoms with van der Waals surface area (Å²) < 4.78 is 12.0. The molecule has 2 heterocycles. The molecule has 1 N–H and O–H groups in total. The van der Waals surface area contributed by atoms with E-state index >= 15 is 0 Å². The van der Waals surface area contributed by atoms with E-state index in [0.29, 0.717) is 6.42 Å². The number of hydrogen-bond acceptors (Lipinski definition) is 6. The second-order valence-corrected chi connectivity index (χ2v) is 5.24. The van der Waals surface area contributed by atoms with Crippen LogP contribution in [0.3, 0.4) is 0 Å². The molecule has 0 aliphatic carbocycles. The van der Waals surface area contributed by atoms with Crippen molar-refractivity contribution in [3.63, 3.8) is 0 Å². The van der Waals surface area contributed by atoms with Crippen molar-refractivity contribution >= 4 is 5.97 Å². The zero-order valence-corrected chi connectivity index (χ0v) is 12.5. The van der Waals surface area contributed by atoms with Crippen molar-refractivity contribution in [2.45, 2.75) is 45.1 Å². The maximum Gasteiger partial charge on any atom is 0.331 e. The Bertz CT molecular complexity index is 731. The molecule has 1 aliphatic heterocycles. The Balaban J connectivity index is 2.63. The van der Waals surface area contributed by atoms with Crippen molar-refractivity contribution < 1.29 is 14.3 Å². The van der Waals surface area contributed by atoms with Crippen molar-refractivity contribution in [3.05, 3.63) is 33.1 Å². The van der Waals surface area contributed by atoms with Crippen LogP contribution in [0, 0.1) is 17.2 Å². The van der Waals surface area contributed by atoms with Crippen LogP contribution >= 0.6 is 0 Å². The summed E-state index contributed by atoms with van der Waals surface area (Å²) in [7, 11) is 0. The molecule has 0 saturated carbocycles. The number of rotatable bonds is 3. The number of ether oxygens (including phenoxy) is 2. The molecule has 0 amide bonds. The van der Waals surface area contributed by atoms with Crippen LogP contribution in [0.1, 0.15) is 27.2 Å². The first-order valence-electron chi connectivity index (χ1n) is 6.94. The minimum absolute atomic E-state index is 0.285. The fraction of sp³-hybridized carbons (Fsp3) is 0.571. The topological polar surface area (TPSA) is 114 Å². The SMILES string of the molecule is CC[C@H]1O[C@@](C#N)(n2ccc(=O)[nH]c2=O)[C@@H](OC(C)=O)[C@@H]1C. The highest BCUT2D eigenvalue weighted by Gasteiger charge is 2.57. The number of aromatic amines is 1. The maximum absolute atomic E-state index is 12.1. The van der Waals surface area contributed by atoms with Gasteiger partial charge < -0.3 is 9.47 Å². The van der Waals surface area contributed by atoms with Crippen LogP contribution in [0.4, 0.5) is 0 Å². The molecule has 1 aliphatic rings. The molecule has 0 unspecified atom stereocenters. The van der Waals surface area contributed by atoms with E-state index in [9.17, 15) is 19.6 Å². The van der Waals surface area contributed by atoms with Crippen molar-refractivity contribution in [1.82, 2.24) is 9.55 Å². The van der Waals surface area contributed by atoms with E-state index in [1.165, 1.54) is 13.1 Å². The smallest absolute Gasteiger partial charge is 0.331 e. The summed E-state index contributed by atoms with van der Waals surface area (Å²) >= 11 is 0. The molecular formula is C14H17N3O5. The summed E-state index contributed by atoms with van der Waals surface area (Å²) in [5.41, 5.74) is -3.18. The summed E-state index contributed by atoms with van der Waals surface area (Å²) in [5.74, 6) is -0.860. The van der Waals surface area contributed by atoms with Gasteiger partial charge in [0.2, 0.25) is 0 Å². The molecule has 8 nitrogen and oxygen atoms in total. The average Bonchev–Trinajstić information content (AvgIpc) is 2.72. The molecule has 1 saturated heterocycles. The van der Waals surface area contributed by atoms with Gasteiger partial charge >= 0.3 is 11.7 Å². The molecule has 1 aromatic heterocycles. The molecule has 1 fully saturated rings. The van der Waals surface area contributed by atoms with E-state index < -0.39 is 29.0 Å². The van der Waals surface area contributed by atoms with Crippen LogP contribution in [0.25, 0.3) is 0 Å². The van der Waals surface area contributed by atoms with Gasteiger partial charge in [-0.25, -0.2) is 4.79 Å². The lowest BCUT2D eigenvalue weighted by Crippen LogP contribution is -2.51. The Hall–Kier alpha value is -2.40. The zero-order chi connectivity index (χ0) is 16.5. The largest absolute Gasteiger partial charge is 0.456 e. The number of hydrogen-bond donors (Lipinski definition) is 1. The Morgan fingerprint density at radius 1 is 1.59 bits per heavy atom. The Kier molecular flexibility index (Phi) is 4.19. The van der Waals surface area contributed by atoms with Gasteiger partial charge in [-0.2, -0.15) is 5.26 Å². The number of H-pyrrole nitrogens is 1. The lowest BCUT2D eigenvalue weighted by atomic mass is 9.94. The molecular weight excluding hydrogens is 290 g/mol. The third-order valence-corrected chi connectivity index (χ3v) is 3.82. The second-order valence-electron chi connectivity index (χ2n) is 5.24. The Morgan fingerprint density at radius 2 is 2.27 bits per heavy atom. The molecule has 4 atom stereocenters. The minimum Gasteiger partial charge on any atom is -0.456 e. The van der Waals surface area contributed by atoms with Gasteiger partial charge in [0.05, 0.1) is 6.10 Å². The lowest BCUT2D eigenvalue weighted by Gasteiger charge is -2.29. The first-order chi connectivity index (χ1) is 10.4. The van der Waals surface area contributed by atoms with E-state index in [1.54, 1.807) is 6.92 Å². The molecule has 0 bridgehead atoms. The van der Waals surface area contributed by atoms with E-state index in [-0.39, 0.29) is 12.0 Å². The maximum atomic E-state index is 12.1. The number of carbonyl (C=O) groups excluding carboxylic acids is 1. The van der Waals surface area contributed by atoms with Crippen LogP contribution in [0.5, 0.6) is 0 Å². The number of carbonyl (C=O) groups is 1. The highest BCUT2D eigenvalue weighted by atomic mass is 16.6. The number of nitrogens with zero attached hydrogens (tertiary/aromatic N) is 2. The van der Waals surface area contributed by atoms with E-state index in [0.717, 1.165) is 10.6 Å². The molecule has 0 spiro atoms. The van der Waals surface area contributed by atoms with Gasteiger partial charge in [0.1, 0.15) is 6.07 Å². The minimum atomic E-state index is -1.80. The molecule has 2 rings (SSSR count). The van der Waals surface area contributed by atoms with Crippen molar-refractivity contribution in [3.8, 4) is 6.07 Å². The van der Waals surface area contributed by atoms with Gasteiger partial charge in [0, 0.05) is 25.1 Å². The van der Waals surface area contributed by atoms with E-state index in [4.69, 9.17) is 9.47 Å². The Labute approximate surface area is 126 Å². The summed E-state index contributed by atoms with van der Waals surface area (Å²) in [6.45, 7) is 4.89. The molecule has 118 valence electrons. The standard InChI is InChI=1S/C14H17N3O5/c1-4-10-8(2)12(21-9(3)18)14(7-15,22-10)17-6-5-11(19)16-13(17)20/h5-6,8,10,12H,4H2,1-3H3,(H,16,19,20)/t8-,10-,12+,14-/m1/s1. The monoisotopic (exact) mass is 307 g/mol. The number of esters is 1. The fourth-order valence-corrected chi connectivity index (χ4v) is 2.79. The van der Waals surface area contributed by atoms with Gasteiger partial charge in [0.15, 0.2) is 6.10 Å². The molecule has 0 aromatic carbocycles. The predicted octanol–water partition coefficient (Wildman–Crippen LogP) is 0.0896. The van der Waals surface area contributed by atoms with E-state index in [2.05, 4.69) is 4.98 Å². The molecule has 0 radical (unpaired) electrons. The molecule has 1 aromatic rings. The third kappa shape index (κ3) is 2.44. The summed E-state index contributed by atoms with van der Waals surface area (Å²) in [5, 5.41) is 9.66. The van der Waals surface area contributed by atoms with Crippen LogP contribution in [-0.4, -0.2) is 27.7 Å². The third-order valence-electron chi connectivity index (χ3n) is 3.82. The van der Waals surface area contributed by atoms with Gasteiger partial charge in [-0.1, -0.05) is 13.8 Å². The van der Waals surface area contributed by atoms with Crippen molar-refractivity contribution in [2.24, 2.45) is 5.92 Å². The first kappa shape index (κ1) is 16.0. The number of nitrogens with one attached hydrogen (secondary N) is 1. The summed E-state index contributed by atoms with van der Waals surface area (Å²) in [4.78, 5) is 36.7. The Morgan fingerprint density at radius 3 is 2.77 bits per heavy atom. The highest BCUT2D eigenvalue weighted by Crippen LogP contribution is 2.41. The first-order valence-corrected chi connectivity index (χ1v) is 6.94. The van der Waals surface area contributed by atoms with Gasteiger partial charge in [-0.05, 0) is 6.42 Å². The molecule has 8 heteroatoms. The van der Waals surface area contributed by atoms with Crippen molar-refractivity contribution in [2.75, 3.05) is 0 Å². The average molecular weight is 307 g/mol. The summed E-state index contributed by atoms with van der Waals surface area (Å²) in [6, 6.07) is 3.06.